The molecule has 0 bridgehead atoms. The van der Waals surface area contributed by atoms with Gasteiger partial charge in [-0.1, -0.05) is 0 Å². The van der Waals surface area contributed by atoms with Crippen LogP contribution in [-0.2, 0) is 10.5 Å². The molecule has 4 rings (SSSR count). The second-order valence-corrected chi connectivity index (χ2v) is 10.3. The van der Waals surface area contributed by atoms with E-state index < -0.39 is 17.3 Å². The predicted octanol–water partition coefficient (Wildman–Crippen LogP) is 4.22. The number of aromatic amines is 1. The molecule has 1 aromatic carbocycles. The fourth-order valence-corrected chi connectivity index (χ4v) is 5.41. The lowest BCUT2D eigenvalue weighted by molar-refractivity contribution is -0.0238. The van der Waals surface area contributed by atoms with Crippen molar-refractivity contribution in [3.8, 4) is 5.75 Å². The number of nitrogens with zero attached hydrogens (tertiary/aromatic N) is 2. The minimum Gasteiger partial charge on any atom is -0.493 e. The van der Waals surface area contributed by atoms with E-state index in [0.29, 0.717) is 42.3 Å². The van der Waals surface area contributed by atoms with E-state index in [9.17, 15) is 18.0 Å². The van der Waals surface area contributed by atoms with Crippen molar-refractivity contribution in [2.45, 2.75) is 49.5 Å². The van der Waals surface area contributed by atoms with Gasteiger partial charge >= 0.3 is 0 Å². The third-order valence-electron chi connectivity index (χ3n) is 6.10. The van der Waals surface area contributed by atoms with E-state index in [1.807, 2.05) is 0 Å². The molecule has 2 aliphatic rings. The van der Waals surface area contributed by atoms with E-state index in [0.717, 1.165) is 45.8 Å². The van der Waals surface area contributed by atoms with E-state index in [4.69, 9.17) is 9.47 Å². The summed E-state index contributed by atoms with van der Waals surface area (Å²) in [5.41, 5.74) is -0.219. The molecule has 1 N–H and O–H groups in total. The largest absolute Gasteiger partial charge is 0.493 e. The fourth-order valence-electron chi connectivity index (χ4n) is 4.36. The average Bonchev–Trinajstić information content (AvgIpc) is 2.76. The Balaban J connectivity index is 1.37. The maximum atomic E-state index is 14.7. The third kappa shape index (κ3) is 6.86. The standard InChI is InChI=1S/C23H30F3N3O3S/c1-23(25,26)14-29-6-2-15(3-7-29)12-32-16-10-18(24)21-19(11-16)27-20(28-22(21)30)13-33-17-4-8-31-9-5-17/h10-11,15,17H,2-9,12-14H2,1H3,(H,27,28,30). The van der Waals surface area contributed by atoms with Crippen LogP contribution >= 0.6 is 11.8 Å². The van der Waals surface area contributed by atoms with Crippen molar-refractivity contribution in [1.29, 1.82) is 0 Å². The molecule has 2 fully saturated rings. The van der Waals surface area contributed by atoms with Gasteiger partial charge in [-0.2, -0.15) is 11.8 Å². The number of likely N-dealkylation sites (tertiary alicyclic amines) is 1. The lowest BCUT2D eigenvalue weighted by Crippen LogP contribution is -2.41. The summed E-state index contributed by atoms with van der Waals surface area (Å²) in [5.74, 6) is -1.77. The van der Waals surface area contributed by atoms with E-state index >= 15 is 0 Å². The number of nitrogens with one attached hydrogen (secondary N) is 1. The van der Waals surface area contributed by atoms with Crippen molar-refractivity contribution in [3.05, 3.63) is 34.1 Å². The number of halogens is 3. The van der Waals surface area contributed by atoms with Gasteiger partial charge in [-0.05, 0) is 44.7 Å². The Bertz CT molecular complexity index is 1000. The van der Waals surface area contributed by atoms with Crippen molar-refractivity contribution >= 4 is 22.7 Å². The first kappa shape index (κ1) is 24.3. The number of thioether (sulfide) groups is 1. The predicted molar refractivity (Wildman–Crippen MR) is 123 cm³/mol. The number of aromatic nitrogens is 2. The number of fused-ring (bicyclic) bond motifs is 1. The Hall–Kier alpha value is -1.78. The van der Waals surface area contributed by atoms with Crippen molar-refractivity contribution in [1.82, 2.24) is 14.9 Å². The van der Waals surface area contributed by atoms with Gasteiger partial charge in [0.1, 0.15) is 22.8 Å². The van der Waals surface area contributed by atoms with Crippen LogP contribution in [0.3, 0.4) is 0 Å². The maximum Gasteiger partial charge on any atom is 0.261 e. The van der Waals surface area contributed by atoms with E-state index in [1.165, 1.54) is 6.07 Å². The molecule has 0 amide bonds. The molecule has 3 heterocycles. The monoisotopic (exact) mass is 485 g/mol. The van der Waals surface area contributed by atoms with E-state index in [2.05, 4.69) is 9.97 Å². The first-order valence-corrected chi connectivity index (χ1v) is 12.5. The summed E-state index contributed by atoms with van der Waals surface area (Å²) < 4.78 is 52.3. The molecule has 2 aliphatic heterocycles. The molecular formula is C23H30F3N3O3S. The highest BCUT2D eigenvalue weighted by Crippen LogP contribution is 2.27. The topological polar surface area (TPSA) is 67.5 Å². The Morgan fingerprint density at radius 3 is 2.67 bits per heavy atom. The van der Waals surface area contributed by atoms with Gasteiger partial charge in [0.05, 0.1) is 24.4 Å². The van der Waals surface area contributed by atoms with Gasteiger partial charge in [0.25, 0.3) is 11.5 Å². The van der Waals surface area contributed by atoms with Gasteiger partial charge in [0, 0.05) is 37.5 Å². The highest BCUT2D eigenvalue weighted by atomic mass is 32.2. The van der Waals surface area contributed by atoms with Crippen LogP contribution in [0.4, 0.5) is 13.2 Å². The van der Waals surface area contributed by atoms with Crippen molar-refractivity contribution in [2.75, 3.05) is 39.5 Å². The summed E-state index contributed by atoms with van der Waals surface area (Å²) >= 11 is 1.72. The zero-order valence-corrected chi connectivity index (χ0v) is 19.6. The van der Waals surface area contributed by atoms with Crippen LogP contribution in [0.25, 0.3) is 10.9 Å². The second-order valence-electron chi connectivity index (χ2n) is 9.04. The molecule has 0 aliphatic carbocycles. The van der Waals surface area contributed by atoms with Gasteiger partial charge in [-0.25, -0.2) is 18.2 Å². The minimum atomic E-state index is -2.70. The van der Waals surface area contributed by atoms with E-state index in [1.54, 1.807) is 22.7 Å². The van der Waals surface area contributed by atoms with Crippen LogP contribution in [0.5, 0.6) is 5.75 Å². The number of rotatable bonds is 8. The zero-order valence-electron chi connectivity index (χ0n) is 18.7. The Morgan fingerprint density at radius 1 is 1.24 bits per heavy atom. The Labute approximate surface area is 195 Å². The first-order chi connectivity index (χ1) is 15.8. The highest BCUT2D eigenvalue weighted by molar-refractivity contribution is 7.99. The fraction of sp³-hybridized carbons (Fsp3) is 0.652. The number of piperidine rings is 1. The summed E-state index contributed by atoms with van der Waals surface area (Å²) in [5, 5.41) is 0.386. The van der Waals surface area contributed by atoms with Gasteiger partial charge in [-0.15, -0.1) is 0 Å². The summed E-state index contributed by atoms with van der Waals surface area (Å²) in [6.45, 7) is 3.75. The second kappa shape index (κ2) is 10.7. The van der Waals surface area contributed by atoms with Crippen molar-refractivity contribution in [3.63, 3.8) is 0 Å². The molecule has 2 aromatic rings. The summed E-state index contributed by atoms with van der Waals surface area (Å²) in [6, 6.07) is 2.81. The minimum absolute atomic E-state index is 0.0732. The highest BCUT2D eigenvalue weighted by Gasteiger charge is 2.28. The van der Waals surface area contributed by atoms with Gasteiger partial charge < -0.3 is 14.5 Å². The molecule has 0 spiro atoms. The molecule has 0 unspecified atom stereocenters. The van der Waals surface area contributed by atoms with Crippen molar-refractivity contribution in [2.24, 2.45) is 5.92 Å². The average molecular weight is 486 g/mol. The number of ether oxygens (including phenoxy) is 2. The molecule has 6 nitrogen and oxygen atoms in total. The molecule has 10 heteroatoms. The quantitative estimate of drug-likeness (QED) is 0.604. The lowest BCUT2D eigenvalue weighted by Gasteiger charge is -2.33. The molecule has 2 saturated heterocycles. The Morgan fingerprint density at radius 2 is 1.97 bits per heavy atom. The number of hydrogen-bond acceptors (Lipinski definition) is 6. The summed E-state index contributed by atoms with van der Waals surface area (Å²) in [4.78, 5) is 21.4. The van der Waals surface area contributed by atoms with Crippen LogP contribution in [-0.4, -0.2) is 65.5 Å². The number of H-pyrrole nitrogens is 1. The van der Waals surface area contributed by atoms with Crippen LogP contribution in [0, 0.1) is 11.7 Å². The Kier molecular flexibility index (Phi) is 7.86. The van der Waals surface area contributed by atoms with Crippen LogP contribution < -0.4 is 10.3 Å². The van der Waals surface area contributed by atoms with Crippen LogP contribution in [0.2, 0.25) is 0 Å². The number of benzene rings is 1. The molecule has 1 aromatic heterocycles. The molecule has 0 radical (unpaired) electrons. The van der Waals surface area contributed by atoms with Crippen molar-refractivity contribution < 1.29 is 22.6 Å². The maximum absolute atomic E-state index is 14.7. The summed E-state index contributed by atoms with van der Waals surface area (Å²) in [6.07, 6.45) is 3.43. The first-order valence-electron chi connectivity index (χ1n) is 11.4. The number of alkyl halides is 2. The van der Waals surface area contributed by atoms with Crippen LogP contribution in [0.1, 0.15) is 38.4 Å². The van der Waals surface area contributed by atoms with E-state index in [-0.39, 0.29) is 23.4 Å². The third-order valence-corrected chi connectivity index (χ3v) is 7.48. The molecule has 182 valence electrons. The summed E-state index contributed by atoms with van der Waals surface area (Å²) in [7, 11) is 0. The smallest absolute Gasteiger partial charge is 0.261 e. The van der Waals surface area contributed by atoms with Gasteiger partial charge in [0.2, 0.25) is 0 Å². The normalized spacial score (nSPS) is 19.3. The number of hydrogen-bond donors (Lipinski definition) is 1. The molecule has 0 atom stereocenters. The molecular weight excluding hydrogens is 455 g/mol. The van der Waals surface area contributed by atoms with Gasteiger partial charge in [-0.3, -0.25) is 9.69 Å². The van der Waals surface area contributed by atoms with Crippen LogP contribution in [0.15, 0.2) is 16.9 Å². The van der Waals surface area contributed by atoms with Gasteiger partial charge in [0.15, 0.2) is 0 Å². The molecule has 0 saturated carbocycles. The molecule has 33 heavy (non-hydrogen) atoms. The lowest BCUT2D eigenvalue weighted by atomic mass is 9.97. The SMILES string of the molecule is CC(F)(F)CN1CCC(COc2cc(F)c3c(=O)[nH]c(CSC4CCOCC4)nc3c2)CC1. The zero-order chi connectivity index (χ0) is 23.4.